The van der Waals surface area contributed by atoms with Gasteiger partial charge in [0.2, 0.25) is 0 Å². The molecule has 0 N–H and O–H groups in total. The Morgan fingerprint density at radius 1 is 1.31 bits per heavy atom. The molecule has 4 heteroatoms. The van der Waals surface area contributed by atoms with Crippen molar-refractivity contribution in [3.05, 3.63) is 35.9 Å². The maximum atomic E-state index is 12.1. The molecule has 0 aliphatic heterocycles. The molecule has 0 amide bonds. The lowest BCUT2D eigenvalue weighted by Gasteiger charge is -2.10. The predicted octanol–water partition coefficient (Wildman–Crippen LogP) is 3.28. The number of benzene rings is 1. The molecule has 0 aromatic heterocycles. The molecular weight excluding hydrogens is 214 g/mol. The zero-order chi connectivity index (χ0) is 12.1. The fourth-order valence-corrected chi connectivity index (χ4v) is 1.37. The van der Waals surface area contributed by atoms with Gasteiger partial charge in [-0.3, -0.25) is 4.79 Å². The Bertz CT molecular complexity index is 411. The molecule has 16 heavy (non-hydrogen) atoms. The van der Waals surface area contributed by atoms with Crippen LogP contribution in [0.15, 0.2) is 30.3 Å². The summed E-state index contributed by atoms with van der Waals surface area (Å²) in [5.74, 6) is -0.0585. The van der Waals surface area contributed by atoms with Crippen molar-refractivity contribution in [1.82, 2.24) is 0 Å². The number of ketones is 1. The molecule has 0 fully saturated rings. The maximum absolute atomic E-state index is 12.1. The Labute approximate surface area is 92.5 Å². The lowest BCUT2D eigenvalue weighted by molar-refractivity contribution is -0.112. The summed E-state index contributed by atoms with van der Waals surface area (Å²) in [6.45, 7) is 0.209. The molecular formula is C12H12F2O2. The SMILES string of the molecule is CC(=O)/C=C(/C)c1ccccc1OC(F)F. The Kier molecular flexibility index (Phi) is 4.17. The second kappa shape index (κ2) is 5.39. The van der Waals surface area contributed by atoms with Crippen LogP contribution in [-0.2, 0) is 4.79 Å². The van der Waals surface area contributed by atoms with Crippen molar-refractivity contribution < 1.29 is 18.3 Å². The molecule has 0 bridgehead atoms. The zero-order valence-electron chi connectivity index (χ0n) is 9.04. The van der Waals surface area contributed by atoms with Crippen LogP contribution in [0.5, 0.6) is 5.75 Å². The van der Waals surface area contributed by atoms with E-state index in [2.05, 4.69) is 4.74 Å². The van der Waals surface area contributed by atoms with Gasteiger partial charge in [0.25, 0.3) is 0 Å². The molecule has 1 aromatic carbocycles. The van der Waals surface area contributed by atoms with Gasteiger partial charge in [0, 0.05) is 5.56 Å². The number of rotatable bonds is 4. The van der Waals surface area contributed by atoms with Crippen molar-refractivity contribution in [3.8, 4) is 5.75 Å². The topological polar surface area (TPSA) is 26.3 Å². The smallest absolute Gasteiger partial charge is 0.387 e. The van der Waals surface area contributed by atoms with Gasteiger partial charge in [-0.05, 0) is 31.6 Å². The van der Waals surface area contributed by atoms with Crippen LogP contribution >= 0.6 is 0 Å². The van der Waals surface area contributed by atoms with E-state index in [9.17, 15) is 13.6 Å². The number of alkyl halides is 2. The van der Waals surface area contributed by atoms with Gasteiger partial charge in [0.15, 0.2) is 5.78 Å². The number of carbonyl (C=O) groups is 1. The number of hydrogen-bond donors (Lipinski definition) is 0. The summed E-state index contributed by atoms with van der Waals surface area (Å²) in [6.07, 6.45) is 1.38. The van der Waals surface area contributed by atoms with E-state index in [0.29, 0.717) is 11.1 Å². The van der Waals surface area contributed by atoms with Gasteiger partial charge in [-0.1, -0.05) is 18.2 Å². The summed E-state index contributed by atoms with van der Waals surface area (Å²) in [5.41, 5.74) is 1.10. The Hall–Kier alpha value is -1.71. The highest BCUT2D eigenvalue weighted by atomic mass is 19.3. The first kappa shape index (κ1) is 12.4. The second-order valence-corrected chi connectivity index (χ2v) is 3.31. The molecule has 0 spiro atoms. The molecule has 0 heterocycles. The van der Waals surface area contributed by atoms with Crippen LogP contribution in [0, 0.1) is 0 Å². The second-order valence-electron chi connectivity index (χ2n) is 3.31. The van der Waals surface area contributed by atoms with Gasteiger partial charge in [0.1, 0.15) is 5.75 Å². The van der Waals surface area contributed by atoms with Crippen LogP contribution in [0.1, 0.15) is 19.4 Å². The number of ether oxygens (including phenoxy) is 1. The highest BCUT2D eigenvalue weighted by Crippen LogP contribution is 2.26. The van der Waals surface area contributed by atoms with E-state index in [0.717, 1.165) is 0 Å². The maximum Gasteiger partial charge on any atom is 0.387 e. The average Bonchev–Trinajstić information content (AvgIpc) is 2.16. The van der Waals surface area contributed by atoms with Crippen molar-refractivity contribution in [1.29, 1.82) is 0 Å². The van der Waals surface area contributed by atoms with Crippen molar-refractivity contribution in [2.45, 2.75) is 20.5 Å². The van der Waals surface area contributed by atoms with Gasteiger partial charge >= 0.3 is 6.61 Å². The lowest BCUT2D eigenvalue weighted by Crippen LogP contribution is -2.04. The monoisotopic (exact) mass is 226 g/mol. The summed E-state index contributed by atoms with van der Waals surface area (Å²) < 4.78 is 28.6. The third kappa shape index (κ3) is 3.46. The van der Waals surface area contributed by atoms with Crippen LogP contribution in [0.3, 0.4) is 0 Å². The van der Waals surface area contributed by atoms with Crippen molar-refractivity contribution >= 4 is 11.4 Å². The van der Waals surface area contributed by atoms with Crippen molar-refractivity contribution in [2.24, 2.45) is 0 Å². The minimum Gasteiger partial charge on any atom is -0.434 e. The summed E-state index contributed by atoms with van der Waals surface area (Å²) >= 11 is 0. The molecule has 0 radical (unpaired) electrons. The molecule has 0 saturated heterocycles. The first-order valence-electron chi connectivity index (χ1n) is 4.74. The highest BCUT2D eigenvalue weighted by Gasteiger charge is 2.10. The Morgan fingerprint density at radius 2 is 1.94 bits per heavy atom. The first-order chi connectivity index (χ1) is 7.50. The van der Waals surface area contributed by atoms with E-state index in [1.165, 1.54) is 19.1 Å². The van der Waals surface area contributed by atoms with Crippen molar-refractivity contribution in [3.63, 3.8) is 0 Å². The van der Waals surface area contributed by atoms with E-state index in [-0.39, 0.29) is 11.5 Å². The van der Waals surface area contributed by atoms with E-state index < -0.39 is 6.61 Å². The Morgan fingerprint density at radius 3 is 2.50 bits per heavy atom. The molecule has 0 atom stereocenters. The molecule has 0 unspecified atom stereocenters. The first-order valence-corrected chi connectivity index (χ1v) is 4.74. The van der Waals surface area contributed by atoms with Crippen LogP contribution in [0.2, 0.25) is 0 Å². The average molecular weight is 226 g/mol. The Balaban J connectivity index is 3.07. The van der Waals surface area contributed by atoms with E-state index in [4.69, 9.17) is 0 Å². The number of halogens is 2. The minimum absolute atomic E-state index is 0.0764. The van der Waals surface area contributed by atoms with Gasteiger partial charge in [-0.25, -0.2) is 0 Å². The van der Waals surface area contributed by atoms with Crippen LogP contribution in [0.4, 0.5) is 8.78 Å². The zero-order valence-corrected chi connectivity index (χ0v) is 9.04. The van der Waals surface area contributed by atoms with E-state index in [1.807, 2.05) is 0 Å². The van der Waals surface area contributed by atoms with E-state index in [1.54, 1.807) is 25.1 Å². The molecule has 1 aromatic rings. The van der Waals surface area contributed by atoms with Crippen molar-refractivity contribution in [2.75, 3.05) is 0 Å². The number of carbonyl (C=O) groups excluding carboxylic acids is 1. The molecule has 0 aliphatic carbocycles. The van der Waals surface area contributed by atoms with Gasteiger partial charge < -0.3 is 4.74 Å². The number of hydrogen-bond acceptors (Lipinski definition) is 2. The summed E-state index contributed by atoms with van der Waals surface area (Å²) in [4.78, 5) is 10.9. The molecule has 0 aliphatic rings. The minimum atomic E-state index is -2.87. The third-order valence-corrected chi connectivity index (χ3v) is 1.95. The fourth-order valence-electron chi connectivity index (χ4n) is 1.37. The third-order valence-electron chi connectivity index (χ3n) is 1.95. The molecule has 2 nitrogen and oxygen atoms in total. The lowest BCUT2D eigenvalue weighted by atomic mass is 10.1. The highest BCUT2D eigenvalue weighted by molar-refractivity contribution is 5.95. The van der Waals surface area contributed by atoms with Gasteiger partial charge in [-0.2, -0.15) is 8.78 Å². The van der Waals surface area contributed by atoms with Crippen LogP contribution < -0.4 is 4.74 Å². The standard InChI is InChI=1S/C12H12F2O2/c1-8(7-9(2)15)10-5-3-4-6-11(10)16-12(13)14/h3-7,12H,1-2H3/b8-7-. The predicted molar refractivity (Wildman–Crippen MR) is 57.4 cm³/mol. The fraction of sp³-hybridized carbons (Fsp3) is 0.250. The van der Waals surface area contributed by atoms with Gasteiger partial charge in [0.05, 0.1) is 0 Å². The number of allylic oxidation sites excluding steroid dienone is 2. The molecule has 1 rings (SSSR count). The largest absolute Gasteiger partial charge is 0.434 e. The molecule has 0 saturated carbocycles. The van der Waals surface area contributed by atoms with E-state index >= 15 is 0 Å². The normalized spacial score (nSPS) is 11.7. The summed E-state index contributed by atoms with van der Waals surface area (Å²) in [5, 5.41) is 0. The quantitative estimate of drug-likeness (QED) is 0.736. The van der Waals surface area contributed by atoms with Crippen LogP contribution in [-0.4, -0.2) is 12.4 Å². The van der Waals surface area contributed by atoms with Crippen LogP contribution in [0.25, 0.3) is 5.57 Å². The van der Waals surface area contributed by atoms with Gasteiger partial charge in [-0.15, -0.1) is 0 Å². The number of para-hydroxylation sites is 1. The summed E-state index contributed by atoms with van der Waals surface area (Å²) in [6, 6.07) is 6.37. The molecule has 86 valence electrons. The summed E-state index contributed by atoms with van der Waals surface area (Å²) in [7, 11) is 0.